The molecule has 1 aromatic rings. The SMILES string of the molecule is C=C/C(=C\C=NC)Oc1cccc(N)c1. The van der Waals surface area contributed by atoms with Gasteiger partial charge in [-0.2, -0.15) is 0 Å². The number of anilines is 1. The van der Waals surface area contributed by atoms with Crippen molar-refractivity contribution in [3.8, 4) is 5.75 Å². The molecule has 0 heterocycles. The second kappa shape index (κ2) is 5.65. The Labute approximate surface area is 89.6 Å². The molecule has 0 spiro atoms. The molecule has 3 nitrogen and oxygen atoms in total. The van der Waals surface area contributed by atoms with Crippen LogP contribution in [0.15, 0.2) is 53.7 Å². The molecule has 0 bridgehead atoms. The fraction of sp³-hybridized carbons (Fsp3) is 0.0833. The smallest absolute Gasteiger partial charge is 0.129 e. The molecule has 0 aliphatic carbocycles. The summed E-state index contributed by atoms with van der Waals surface area (Å²) in [6.07, 6.45) is 4.99. The first-order valence-corrected chi connectivity index (χ1v) is 4.54. The molecule has 0 saturated carbocycles. The quantitative estimate of drug-likeness (QED) is 0.353. The zero-order valence-electron chi connectivity index (χ0n) is 8.68. The van der Waals surface area contributed by atoms with Gasteiger partial charge in [-0.25, -0.2) is 0 Å². The fourth-order valence-electron chi connectivity index (χ4n) is 1.01. The number of ether oxygens (including phenoxy) is 1. The largest absolute Gasteiger partial charge is 0.457 e. The summed E-state index contributed by atoms with van der Waals surface area (Å²) in [6, 6.07) is 7.22. The molecule has 0 unspecified atom stereocenters. The lowest BCUT2D eigenvalue weighted by Gasteiger charge is -2.05. The van der Waals surface area contributed by atoms with E-state index >= 15 is 0 Å². The molecule has 0 atom stereocenters. The lowest BCUT2D eigenvalue weighted by Crippen LogP contribution is -1.93. The molecule has 15 heavy (non-hydrogen) atoms. The van der Waals surface area contributed by atoms with E-state index in [2.05, 4.69) is 11.6 Å². The van der Waals surface area contributed by atoms with Crippen LogP contribution in [0.3, 0.4) is 0 Å². The van der Waals surface area contributed by atoms with Gasteiger partial charge in [0.2, 0.25) is 0 Å². The van der Waals surface area contributed by atoms with Crippen LogP contribution in [0.5, 0.6) is 5.75 Å². The summed E-state index contributed by atoms with van der Waals surface area (Å²) in [5.74, 6) is 1.32. The molecule has 0 saturated heterocycles. The fourth-order valence-corrected chi connectivity index (χ4v) is 1.01. The summed E-state index contributed by atoms with van der Waals surface area (Å²) < 4.78 is 5.52. The number of benzene rings is 1. The number of rotatable bonds is 4. The van der Waals surface area contributed by atoms with E-state index in [0.717, 1.165) is 0 Å². The third-order valence-electron chi connectivity index (χ3n) is 1.68. The first-order chi connectivity index (χ1) is 7.26. The molecule has 0 aromatic heterocycles. The van der Waals surface area contributed by atoms with Crippen LogP contribution in [0.1, 0.15) is 0 Å². The van der Waals surface area contributed by atoms with Crippen LogP contribution in [0.25, 0.3) is 0 Å². The zero-order valence-corrected chi connectivity index (χ0v) is 8.68. The Kier molecular flexibility index (Phi) is 4.16. The minimum absolute atomic E-state index is 0.631. The molecule has 1 aromatic carbocycles. The second-order valence-corrected chi connectivity index (χ2v) is 2.85. The first-order valence-electron chi connectivity index (χ1n) is 4.54. The maximum Gasteiger partial charge on any atom is 0.129 e. The molecule has 0 aliphatic heterocycles. The van der Waals surface area contributed by atoms with Gasteiger partial charge >= 0.3 is 0 Å². The third-order valence-corrected chi connectivity index (χ3v) is 1.68. The predicted molar refractivity (Wildman–Crippen MR) is 64.2 cm³/mol. The monoisotopic (exact) mass is 202 g/mol. The van der Waals surface area contributed by atoms with Crippen molar-refractivity contribution in [2.45, 2.75) is 0 Å². The van der Waals surface area contributed by atoms with Gasteiger partial charge in [-0.1, -0.05) is 12.6 Å². The number of nitrogens with zero attached hydrogens (tertiary/aromatic N) is 1. The minimum atomic E-state index is 0.631. The normalized spacial score (nSPS) is 11.7. The molecular weight excluding hydrogens is 188 g/mol. The van der Waals surface area contributed by atoms with E-state index in [1.807, 2.05) is 12.1 Å². The maximum atomic E-state index is 5.62. The van der Waals surface area contributed by atoms with Crippen molar-refractivity contribution in [3.63, 3.8) is 0 Å². The third kappa shape index (κ3) is 3.68. The zero-order chi connectivity index (χ0) is 11.1. The van der Waals surface area contributed by atoms with E-state index in [9.17, 15) is 0 Å². The lowest BCUT2D eigenvalue weighted by atomic mass is 10.3. The van der Waals surface area contributed by atoms with E-state index < -0.39 is 0 Å². The second-order valence-electron chi connectivity index (χ2n) is 2.85. The maximum absolute atomic E-state index is 5.62. The molecule has 2 N–H and O–H groups in total. The summed E-state index contributed by atoms with van der Waals surface area (Å²) in [5.41, 5.74) is 6.29. The standard InChI is InChI=1S/C12H14N2O/c1-3-11(7-8-14-2)15-12-6-4-5-10(13)9-12/h3-9H,1,13H2,2H3/b11-7+,14-8?. The highest BCUT2D eigenvalue weighted by Gasteiger charge is 1.96. The average Bonchev–Trinajstić information content (AvgIpc) is 2.24. The highest BCUT2D eigenvalue weighted by Crippen LogP contribution is 2.17. The molecule has 0 radical (unpaired) electrons. The lowest BCUT2D eigenvalue weighted by molar-refractivity contribution is 0.446. The Morgan fingerprint density at radius 2 is 2.33 bits per heavy atom. The molecule has 0 fully saturated rings. The Balaban J connectivity index is 2.79. The summed E-state index contributed by atoms with van der Waals surface area (Å²) in [5, 5.41) is 0. The molecule has 0 aliphatic rings. The number of aliphatic imine (C=N–C) groups is 1. The number of hydrogen-bond acceptors (Lipinski definition) is 3. The Morgan fingerprint density at radius 1 is 1.53 bits per heavy atom. The number of hydrogen-bond donors (Lipinski definition) is 1. The van der Waals surface area contributed by atoms with Crippen molar-refractivity contribution in [2.75, 3.05) is 12.8 Å². The van der Waals surface area contributed by atoms with Gasteiger partial charge in [0.1, 0.15) is 11.5 Å². The highest BCUT2D eigenvalue weighted by atomic mass is 16.5. The van der Waals surface area contributed by atoms with Crippen LogP contribution in [0, 0.1) is 0 Å². The van der Waals surface area contributed by atoms with Crippen molar-refractivity contribution >= 4 is 11.9 Å². The van der Waals surface area contributed by atoms with Gasteiger partial charge in [0.25, 0.3) is 0 Å². The molecule has 0 amide bonds. The molecule has 78 valence electrons. The summed E-state index contributed by atoms with van der Waals surface area (Å²) in [4.78, 5) is 3.83. The Morgan fingerprint density at radius 3 is 2.93 bits per heavy atom. The summed E-state index contributed by atoms with van der Waals surface area (Å²) >= 11 is 0. The number of nitrogen functional groups attached to an aromatic ring is 1. The van der Waals surface area contributed by atoms with Crippen LogP contribution in [-0.4, -0.2) is 13.3 Å². The van der Waals surface area contributed by atoms with Crippen LogP contribution in [0.2, 0.25) is 0 Å². The average molecular weight is 202 g/mol. The first kappa shape index (κ1) is 11.0. The Bertz CT molecular complexity index is 394. The van der Waals surface area contributed by atoms with Crippen LogP contribution < -0.4 is 10.5 Å². The van der Waals surface area contributed by atoms with Crippen molar-refractivity contribution in [1.29, 1.82) is 0 Å². The van der Waals surface area contributed by atoms with Gasteiger partial charge < -0.3 is 10.5 Å². The summed E-state index contributed by atoms with van der Waals surface area (Å²) in [7, 11) is 1.69. The van der Waals surface area contributed by atoms with Crippen molar-refractivity contribution in [2.24, 2.45) is 4.99 Å². The van der Waals surface area contributed by atoms with E-state index in [1.54, 1.807) is 37.5 Å². The van der Waals surface area contributed by atoms with Crippen LogP contribution in [-0.2, 0) is 0 Å². The van der Waals surface area contributed by atoms with E-state index in [0.29, 0.717) is 17.2 Å². The van der Waals surface area contributed by atoms with E-state index in [-0.39, 0.29) is 0 Å². The van der Waals surface area contributed by atoms with Crippen LogP contribution >= 0.6 is 0 Å². The van der Waals surface area contributed by atoms with Crippen molar-refractivity contribution < 1.29 is 4.74 Å². The highest BCUT2D eigenvalue weighted by molar-refractivity contribution is 5.72. The van der Waals surface area contributed by atoms with E-state index in [4.69, 9.17) is 10.5 Å². The van der Waals surface area contributed by atoms with Gasteiger partial charge in [-0.3, -0.25) is 4.99 Å². The van der Waals surface area contributed by atoms with Gasteiger partial charge in [-0.05, 0) is 24.3 Å². The predicted octanol–water partition coefficient (Wildman–Crippen LogP) is 2.42. The number of nitrogens with two attached hydrogens (primary N) is 1. The minimum Gasteiger partial charge on any atom is -0.457 e. The van der Waals surface area contributed by atoms with E-state index in [1.165, 1.54) is 0 Å². The van der Waals surface area contributed by atoms with Crippen LogP contribution in [0.4, 0.5) is 5.69 Å². The van der Waals surface area contributed by atoms with Gasteiger partial charge in [0, 0.05) is 25.0 Å². The van der Waals surface area contributed by atoms with Crippen molar-refractivity contribution in [3.05, 3.63) is 48.8 Å². The Hall–Kier alpha value is -2.03. The van der Waals surface area contributed by atoms with Gasteiger partial charge in [0.05, 0.1) is 0 Å². The summed E-state index contributed by atoms with van der Waals surface area (Å²) in [6.45, 7) is 3.65. The molecule has 1 rings (SSSR count). The topological polar surface area (TPSA) is 47.6 Å². The number of allylic oxidation sites excluding steroid dienone is 2. The van der Waals surface area contributed by atoms with Crippen molar-refractivity contribution in [1.82, 2.24) is 0 Å². The molecular formula is C12H14N2O. The molecule has 3 heteroatoms. The van der Waals surface area contributed by atoms with Gasteiger partial charge in [-0.15, -0.1) is 0 Å². The van der Waals surface area contributed by atoms with Gasteiger partial charge in [0.15, 0.2) is 0 Å².